The molecule has 4 nitrogen and oxygen atoms in total. The van der Waals surface area contributed by atoms with Gasteiger partial charge in [0, 0.05) is 12.1 Å². The van der Waals surface area contributed by atoms with Gasteiger partial charge in [-0.05, 0) is 43.3 Å². The van der Waals surface area contributed by atoms with E-state index in [2.05, 4.69) is 22.9 Å². The van der Waals surface area contributed by atoms with Gasteiger partial charge in [-0.2, -0.15) is 0 Å². The van der Waals surface area contributed by atoms with Gasteiger partial charge in [0.1, 0.15) is 6.17 Å². The van der Waals surface area contributed by atoms with Crippen molar-refractivity contribution in [2.24, 2.45) is 0 Å². The molecule has 194 valence electrons. The monoisotopic (exact) mass is 549 g/mol. The molecule has 0 fully saturated rings. The molecule has 0 radical (unpaired) electrons. The first-order valence-electron chi connectivity index (χ1n) is 12.7. The maximum absolute atomic E-state index is 12.4. The highest BCUT2D eigenvalue weighted by atomic mass is 35.6. The van der Waals surface area contributed by atoms with Crippen LogP contribution in [0.3, 0.4) is 0 Å². The Morgan fingerprint density at radius 3 is 1.91 bits per heavy atom. The topological polar surface area (TPSA) is 53.2 Å². The van der Waals surface area contributed by atoms with Crippen molar-refractivity contribution in [1.82, 2.24) is 10.6 Å². The number of unbranched alkanes of at least 4 members (excludes halogenated alkanes) is 12. The van der Waals surface area contributed by atoms with E-state index in [0.29, 0.717) is 6.42 Å². The highest BCUT2D eigenvalue weighted by Crippen LogP contribution is 2.29. The van der Waals surface area contributed by atoms with Gasteiger partial charge < -0.3 is 16.0 Å². The van der Waals surface area contributed by atoms with Crippen LogP contribution in [-0.2, 0) is 4.79 Å². The minimum atomic E-state index is -1.75. The molecule has 1 amide bonds. The van der Waals surface area contributed by atoms with Crippen LogP contribution in [0.25, 0.3) is 0 Å². The van der Waals surface area contributed by atoms with Crippen molar-refractivity contribution in [1.29, 1.82) is 0 Å². The van der Waals surface area contributed by atoms with E-state index in [0.717, 1.165) is 30.5 Å². The van der Waals surface area contributed by atoms with Crippen molar-refractivity contribution in [3.8, 4) is 0 Å². The molecular formula is C26H42Cl3N3OS. The van der Waals surface area contributed by atoms with Gasteiger partial charge in [0.2, 0.25) is 9.70 Å². The van der Waals surface area contributed by atoms with Crippen molar-refractivity contribution >= 4 is 63.7 Å². The number of carbonyl (C=O) groups is 1. The van der Waals surface area contributed by atoms with E-state index < -0.39 is 9.96 Å². The second-order valence-corrected chi connectivity index (χ2v) is 11.8. The maximum Gasteiger partial charge on any atom is 0.228 e. The molecule has 1 rings (SSSR count). The smallest absolute Gasteiger partial charge is 0.228 e. The molecule has 34 heavy (non-hydrogen) atoms. The molecule has 0 saturated heterocycles. The molecule has 8 heteroatoms. The minimum absolute atomic E-state index is 0.162. The molecule has 0 aliphatic rings. The first kappa shape index (κ1) is 31.3. The molecule has 0 bridgehead atoms. The van der Waals surface area contributed by atoms with Crippen LogP contribution in [0.4, 0.5) is 5.69 Å². The molecule has 1 aromatic rings. The standard InChI is InChI=1S/C26H42Cl3N3OS/c1-3-4-5-6-7-8-9-10-11-12-13-14-15-19-23(33)31-24(26(27,28)29)32-25(34)30-22-18-16-17-21(2)20-22/h16-18,20,24H,3-15,19H2,1-2H3,(H,31,33)(H2,30,32,34)/t24-/m0/s1. The minimum Gasteiger partial charge on any atom is -0.339 e. The SMILES string of the molecule is CCCCCCCCCCCCCCCC(=O)N[C@@H](NC(=S)Nc1cccc(C)c1)C(Cl)(Cl)Cl. The van der Waals surface area contributed by atoms with E-state index in [1.54, 1.807) is 0 Å². The average molecular weight is 551 g/mol. The zero-order valence-electron chi connectivity index (χ0n) is 20.7. The number of nitrogens with one attached hydrogen (secondary N) is 3. The number of hydrogen-bond donors (Lipinski definition) is 3. The van der Waals surface area contributed by atoms with Gasteiger partial charge in [-0.1, -0.05) is 131 Å². The zero-order valence-corrected chi connectivity index (χ0v) is 23.8. The van der Waals surface area contributed by atoms with E-state index >= 15 is 0 Å². The Hall–Kier alpha value is -0.750. The number of thiocarbonyl (C=S) groups is 1. The summed E-state index contributed by atoms with van der Waals surface area (Å²) in [6.07, 6.45) is 15.9. The maximum atomic E-state index is 12.4. The largest absolute Gasteiger partial charge is 0.339 e. The lowest BCUT2D eigenvalue weighted by molar-refractivity contribution is -0.122. The Kier molecular flexibility index (Phi) is 17.0. The van der Waals surface area contributed by atoms with Gasteiger partial charge in [0.05, 0.1) is 0 Å². The van der Waals surface area contributed by atoms with Crippen molar-refractivity contribution in [3.05, 3.63) is 29.8 Å². The predicted octanol–water partition coefficient (Wildman–Crippen LogP) is 8.58. The van der Waals surface area contributed by atoms with Gasteiger partial charge in [0.15, 0.2) is 5.11 Å². The number of anilines is 1. The second kappa shape index (κ2) is 18.5. The number of rotatable bonds is 17. The fourth-order valence-electron chi connectivity index (χ4n) is 3.76. The molecule has 1 atom stereocenters. The second-order valence-electron chi connectivity index (χ2n) is 9.00. The summed E-state index contributed by atoms with van der Waals surface area (Å²) in [5.74, 6) is -0.162. The van der Waals surface area contributed by atoms with Gasteiger partial charge in [-0.3, -0.25) is 4.79 Å². The summed E-state index contributed by atoms with van der Waals surface area (Å²) in [5, 5.41) is 8.97. The van der Waals surface area contributed by atoms with E-state index in [4.69, 9.17) is 47.0 Å². The molecule has 0 heterocycles. The Morgan fingerprint density at radius 1 is 0.882 bits per heavy atom. The summed E-state index contributed by atoms with van der Waals surface area (Å²) in [6.45, 7) is 4.25. The van der Waals surface area contributed by atoms with Crippen LogP contribution in [0.1, 0.15) is 102 Å². The quantitative estimate of drug-likeness (QED) is 0.0787. The van der Waals surface area contributed by atoms with E-state index in [-0.39, 0.29) is 11.0 Å². The summed E-state index contributed by atoms with van der Waals surface area (Å²) in [5.41, 5.74) is 1.91. The molecular weight excluding hydrogens is 509 g/mol. The molecule has 0 saturated carbocycles. The summed E-state index contributed by atoms with van der Waals surface area (Å²) in [4.78, 5) is 12.4. The number of benzene rings is 1. The third-order valence-corrected chi connectivity index (χ3v) is 6.57. The fraction of sp³-hybridized carbons (Fsp3) is 0.692. The van der Waals surface area contributed by atoms with Crippen molar-refractivity contribution in [3.63, 3.8) is 0 Å². The van der Waals surface area contributed by atoms with Crippen molar-refractivity contribution < 1.29 is 4.79 Å². The molecule has 0 unspecified atom stereocenters. The summed E-state index contributed by atoms with van der Waals surface area (Å²) in [7, 11) is 0. The number of alkyl halides is 3. The van der Waals surface area contributed by atoms with Crippen LogP contribution in [0, 0.1) is 6.92 Å². The third kappa shape index (κ3) is 16.0. The molecule has 0 aliphatic carbocycles. The number of carbonyl (C=O) groups excluding carboxylic acids is 1. The molecule has 1 aromatic carbocycles. The fourth-order valence-corrected chi connectivity index (χ4v) is 4.32. The van der Waals surface area contributed by atoms with Crippen LogP contribution in [0.15, 0.2) is 24.3 Å². The van der Waals surface area contributed by atoms with E-state index in [1.165, 1.54) is 64.2 Å². The Bertz CT molecular complexity index is 713. The zero-order chi connectivity index (χ0) is 25.2. The Balaban J connectivity index is 2.18. The third-order valence-electron chi connectivity index (χ3n) is 5.69. The van der Waals surface area contributed by atoms with Gasteiger partial charge in [-0.15, -0.1) is 0 Å². The molecule has 0 aromatic heterocycles. The Labute approximate surface area is 227 Å². The summed E-state index contributed by atoms with van der Waals surface area (Å²) < 4.78 is -1.75. The normalized spacial score (nSPS) is 12.3. The van der Waals surface area contributed by atoms with Crippen LogP contribution < -0.4 is 16.0 Å². The van der Waals surface area contributed by atoms with Gasteiger partial charge >= 0.3 is 0 Å². The first-order valence-corrected chi connectivity index (χ1v) is 14.3. The summed E-state index contributed by atoms with van der Waals surface area (Å²) >= 11 is 23.5. The number of amides is 1. The lowest BCUT2D eigenvalue weighted by atomic mass is 10.0. The first-order chi connectivity index (χ1) is 16.2. The number of halogens is 3. The van der Waals surface area contributed by atoms with Crippen LogP contribution in [-0.4, -0.2) is 21.0 Å². The highest BCUT2D eigenvalue weighted by molar-refractivity contribution is 7.80. The lowest BCUT2D eigenvalue weighted by Gasteiger charge is -2.27. The number of hydrogen-bond acceptors (Lipinski definition) is 2. The number of aryl methyl sites for hydroxylation is 1. The predicted molar refractivity (Wildman–Crippen MR) is 153 cm³/mol. The van der Waals surface area contributed by atoms with Crippen LogP contribution in [0.5, 0.6) is 0 Å². The van der Waals surface area contributed by atoms with Crippen LogP contribution in [0.2, 0.25) is 0 Å². The molecule has 0 spiro atoms. The van der Waals surface area contributed by atoms with Crippen LogP contribution >= 0.6 is 47.0 Å². The van der Waals surface area contributed by atoms with Gasteiger partial charge in [-0.25, -0.2) is 0 Å². The molecule has 3 N–H and O–H groups in total. The highest BCUT2D eigenvalue weighted by Gasteiger charge is 2.34. The Morgan fingerprint density at radius 2 is 1.41 bits per heavy atom. The molecule has 0 aliphatic heterocycles. The van der Waals surface area contributed by atoms with Gasteiger partial charge in [0.25, 0.3) is 0 Å². The lowest BCUT2D eigenvalue weighted by Crippen LogP contribution is -2.56. The van der Waals surface area contributed by atoms with E-state index in [1.807, 2.05) is 31.2 Å². The van der Waals surface area contributed by atoms with Crippen molar-refractivity contribution in [2.45, 2.75) is 114 Å². The average Bonchev–Trinajstić information content (AvgIpc) is 2.76. The summed E-state index contributed by atoms with van der Waals surface area (Å²) in [6, 6.07) is 7.75. The van der Waals surface area contributed by atoms with E-state index in [9.17, 15) is 4.79 Å². The van der Waals surface area contributed by atoms with Crippen molar-refractivity contribution in [2.75, 3.05) is 5.32 Å².